The number of halogens is 3. The third-order valence-corrected chi connectivity index (χ3v) is 3.46. The Hall–Kier alpha value is -3.42. The molecule has 26 heavy (non-hydrogen) atoms. The third-order valence-electron chi connectivity index (χ3n) is 3.46. The smallest absolute Gasteiger partial charge is 0.274 e. The van der Waals surface area contributed by atoms with Crippen LogP contribution in [0, 0.1) is 17.5 Å². The van der Waals surface area contributed by atoms with Gasteiger partial charge in [0.25, 0.3) is 5.91 Å². The molecule has 0 bridgehead atoms. The Bertz CT molecular complexity index is 932. The molecule has 0 fully saturated rings. The molecule has 3 aromatic rings. The molecule has 0 unspecified atom stereocenters. The lowest BCUT2D eigenvalue weighted by Crippen LogP contribution is -2.15. The SMILES string of the molecule is O=C(Nc1ccc(F)c(F)c1)c1cc(NCc2ccc(F)cc2)ncn1. The maximum atomic E-state index is 13.2. The van der Waals surface area contributed by atoms with Crippen LogP contribution >= 0.6 is 0 Å². The van der Waals surface area contributed by atoms with Crippen molar-refractivity contribution in [1.29, 1.82) is 0 Å². The second-order valence-electron chi connectivity index (χ2n) is 5.35. The summed E-state index contributed by atoms with van der Waals surface area (Å²) in [7, 11) is 0. The highest BCUT2D eigenvalue weighted by molar-refractivity contribution is 6.03. The molecule has 0 atom stereocenters. The van der Waals surface area contributed by atoms with Gasteiger partial charge in [-0.25, -0.2) is 23.1 Å². The van der Waals surface area contributed by atoms with Gasteiger partial charge < -0.3 is 10.6 Å². The van der Waals surface area contributed by atoms with Crippen LogP contribution in [-0.4, -0.2) is 15.9 Å². The Balaban J connectivity index is 1.66. The molecule has 132 valence electrons. The van der Waals surface area contributed by atoms with E-state index < -0.39 is 17.5 Å². The summed E-state index contributed by atoms with van der Waals surface area (Å²) < 4.78 is 39.0. The van der Waals surface area contributed by atoms with Crippen molar-refractivity contribution >= 4 is 17.4 Å². The molecule has 2 aromatic carbocycles. The van der Waals surface area contributed by atoms with Crippen LogP contribution in [0.2, 0.25) is 0 Å². The zero-order chi connectivity index (χ0) is 18.5. The molecule has 0 spiro atoms. The average Bonchev–Trinajstić information content (AvgIpc) is 2.64. The number of carbonyl (C=O) groups excluding carboxylic acids is 1. The lowest BCUT2D eigenvalue weighted by atomic mass is 10.2. The molecule has 2 N–H and O–H groups in total. The summed E-state index contributed by atoms with van der Waals surface area (Å²) in [6.07, 6.45) is 1.20. The Morgan fingerprint density at radius 3 is 2.42 bits per heavy atom. The van der Waals surface area contributed by atoms with Crippen molar-refractivity contribution in [3.8, 4) is 0 Å². The fourth-order valence-electron chi connectivity index (χ4n) is 2.14. The van der Waals surface area contributed by atoms with Crippen LogP contribution in [-0.2, 0) is 6.54 Å². The molecular weight excluding hydrogens is 345 g/mol. The van der Waals surface area contributed by atoms with Crippen LogP contribution in [0.5, 0.6) is 0 Å². The lowest BCUT2D eigenvalue weighted by Gasteiger charge is -2.08. The van der Waals surface area contributed by atoms with E-state index in [1.807, 2.05) is 0 Å². The Kier molecular flexibility index (Phi) is 5.12. The van der Waals surface area contributed by atoms with Gasteiger partial charge in [-0.15, -0.1) is 0 Å². The number of anilines is 2. The summed E-state index contributed by atoms with van der Waals surface area (Å²) in [5.41, 5.74) is 0.984. The number of carbonyl (C=O) groups is 1. The van der Waals surface area contributed by atoms with E-state index in [1.54, 1.807) is 12.1 Å². The summed E-state index contributed by atoms with van der Waals surface area (Å²) in [4.78, 5) is 20.0. The van der Waals surface area contributed by atoms with Crippen LogP contribution in [0.25, 0.3) is 0 Å². The summed E-state index contributed by atoms with van der Waals surface area (Å²) in [5.74, 6) is -2.60. The predicted octanol–water partition coefficient (Wildman–Crippen LogP) is 3.76. The molecule has 3 rings (SSSR count). The van der Waals surface area contributed by atoms with Gasteiger partial charge in [0.2, 0.25) is 0 Å². The van der Waals surface area contributed by atoms with Crippen molar-refractivity contribution in [3.05, 3.63) is 83.6 Å². The molecule has 0 saturated carbocycles. The van der Waals surface area contributed by atoms with Crippen LogP contribution in [0.4, 0.5) is 24.7 Å². The summed E-state index contributed by atoms with van der Waals surface area (Å²) >= 11 is 0. The normalized spacial score (nSPS) is 10.4. The van der Waals surface area contributed by atoms with Crippen LogP contribution in [0.15, 0.2) is 54.9 Å². The minimum Gasteiger partial charge on any atom is -0.366 e. The van der Waals surface area contributed by atoms with Gasteiger partial charge in [-0.1, -0.05) is 12.1 Å². The summed E-state index contributed by atoms with van der Waals surface area (Å²) in [5, 5.41) is 5.42. The average molecular weight is 358 g/mol. The maximum Gasteiger partial charge on any atom is 0.274 e. The maximum absolute atomic E-state index is 13.2. The van der Waals surface area contributed by atoms with Gasteiger partial charge in [0.05, 0.1) is 0 Å². The monoisotopic (exact) mass is 358 g/mol. The molecule has 0 aliphatic carbocycles. The number of amides is 1. The van der Waals surface area contributed by atoms with Crippen molar-refractivity contribution in [2.24, 2.45) is 0 Å². The van der Waals surface area contributed by atoms with Crippen molar-refractivity contribution < 1.29 is 18.0 Å². The number of nitrogens with zero attached hydrogens (tertiary/aromatic N) is 2. The van der Waals surface area contributed by atoms with E-state index in [4.69, 9.17) is 0 Å². The highest BCUT2D eigenvalue weighted by Crippen LogP contribution is 2.15. The number of hydrogen-bond donors (Lipinski definition) is 2. The largest absolute Gasteiger partial charge is 0.366 e. The zero-order valence-electron chi connectivity index (χ0n) is 13.3. The quantitative estimate of drug-likeness (QED) is 0.729. The molecule has 0 saturated heterocycles. The Labute approximate surface area is 146 Å². The first kappa shape index (κ1) is 17.4. The molecule has 1 heterocycles. The zero-order valence-corrected chi connectivity index (χ0v) is 13.3. The number of nitrogens with one attached hydrogen (secondary N) is 2. The van der Waals surface area contributed by atoms with E-state index in [0.29, 0.717) is 12.4 Å². The molecule has 0 aliphatic rings. The Morgan fingerprint density at radius 1 is 0.923 bits per heavy atom. The highest BCUT2D eigenvalue weighted by Gasteiger charge is 2.11. The first-order chi connectivity index (χ1) is 12.5. The second-order valence-corrected chi connectivity index (χ2v) is 5.35. The predicted molar refractivity (Wildman–Crippen MR) is 90.1 cm³/mol. The van der Waals surface area contributed by atoms with Gasteiger partial charge in [-0.05, 0) is 29.8 Å². The van der Waals surface area contributed by atoms with E-state index in [1.165, 1.54) is 30.6 Å². The van der Waals surface area contributed by atoms with Crippen molar-refractivity contribution in [1.82, 2.24) is 9.97 Å². The molecule has 5 nitrogen and oxygen atoms in total. The van der Waals surface area contributed by atoms with Crippen LogP contribution in [0.1, 0.15) is 16.1 Å². The summed E-state index contributed by atoms with van der Waals surface area (Å²) in [6, 6.07) is 10.4. The van der Waals surface area contributed by atoms with Gasteiger partial charge >= 0.3 is 0 Å². The first-order valence-corrected chi connectivity index (χ1v) is 7.58. The Morgan fingerprint density at radius 2 is 1.69 bits per heavy atom. The molecular formula is C18H13F3N4O. The van der Waals surface area contributed by atoms with E-state index in [2.05, 4.69) is 20.6 Å². The van der Waals surface area contributed by atoms with E-state index in [-0.39, 0.29) is 17.2 Å². The fraction of sp³-hybridized carbons (Fsp3) is 0.0556. The van der Waals surface area contributed by atoms with Gasteiger partial charge in [-0.3, -0.25) is 4.79 Å². The van der Waals surface area contributed by atoms with E-state index in [9.17, 15) is 18.0 Å². The van der Waals surface area contributed by atoms with Gasteiger partial charge in [0.1, 0.15) is 23.7 Å². The first-order valence-electron chi connectivity index (χ1n) is 7.58. The molecule has 0 radical (unpaired) electrons. The minimum atomic E-state index is -1.06. The van der Waals surface area contributed by atoms with Crippen molar-refractivity contribution in [2.75, 3.05) is 10.6 Å². The standard InChI is InChI=1S/C18H13F3N4O/c19-12-3-1-11(2-4-12)9-22-17-8-16(23-10-24-17)18(26)25-13-5-6-14(20)15(21)7-13/h1-8,10H,9H2,(H,25,26)(H,22,23,24). The van der Waals surface area contributed by atoms with E-state index in [0.717, 1.165) is 17.7 Å². The molecule has 8 heteroatoms. The molecule has 1 aromatic heterocycles. The van der Waals surface area contributed by atoms with E-state index >= 15 is 0 Å². The van der Waals surface area contributed by atoms with Gasteiger partial charge in [0, 0.05) is 24.4 Å². The highest BCUT2D eigenvalue weighted by atomic mass is 19.2. The molecule has 1 amide bonds. The third kappa shape index (κ3) is 4.35. The number of rotatable bonds is 5. The second kappa shape index (κ2) is 7.64. The number of aromatic nitrogens is 2. The number of hydrogen-bond acceptors (Lipinski definition) is 4. The van der Waals surface area contributed by atoms with Crippen molar-refractivity contribution in [3.63, 3.8) is 0 Å². The van der Waals surface area contributed by atoms with Crippen LogP contribution < -0.4 is 10.6 Å². The summed E-state index contributed by atoms with van der Waals surface area (Å²) in [6.45, 7) is 0.377. The lowest BCUT2D eigenvalue weighted by molar-refractivity contribution is 0.102. The van der Waals surface area contributed by atoms with Gasteiger partial charge in [-0.2, -0.15) is 0 Å². The van der Waals surface area contributed by atoms with Crippen molar-refractivity contribution in [2.45, 2.75) is 6.54 Å². The van der Waals surface area contributed by atoms with Crippen LogP contribution in [0.3, 0.4) is 0 Å². The number of benzene rings is 2. The fourth-order valence-corrected chi connectivity index (χ4v) is 2.14. The topological polar surface area (TPSA) is 66.9 Å². The molecule has 0 aliphatic heterocycles. The van der Waals surface area contributed by atoms with Gasteiger partial charge in [0.15, 0.2) is 11.6 Å². The minimum absolute atomic E-state index is 0.0475.